The van der Waals surface area contributed by atoms with Gasteiger partial charge in [-0.1, -0.05) is 23.7 Å². The zero-order valence-electron chi connectivity index (χ0n) is 20.6. The molecule has 0 aromatic heterocycles. The summed E-state index contributed by atoms with van der Waals surface area (Å²) in [5.74, 6) is 0.0841. The summed E-state index contributed by atoms with van der Waals surface area (Å²) < 4.78 is 15.8. The maximum absolute atomic E-state index is 13.4. The minimum Gasteiger partial charge on any atom is -0.477 e. The van der Waals surface area contributed by atoms with E-state index in [1.165, 1.54) is 26.0 Å². The van der Waals surface area contributed by atoms with Crippen LogP contribution in [0.5, 0.6) is 5.75 Å². The first-order chi connectivity index (χ1) is 17.8. The minimum absolute atomic E-state index is 0.109. The smallest absolute Gasteiger partial charge is 0.337 e. The second-order valence-corrected chi connectivity index (χ2v) is 11.0. The van der Waals surface area contributed by atoms with Crippen molar-refractivity contribution in [3.05, 3.63) is 52.6 Å². The first kappa shape index (κ1) is 26.1. The number of allylic oxidation sites excluding steroid dienone is 2. The Morgan fingerprint density at radius 1 is 1.32 bits per heavy atom. The number of halogens is 1. The number of aliphatic hydroxyl groups excluding tert-OH is 1. The highest BCUT2D eigenvalue weighted by molar-refractivity contribution is 8.14. The van der Waals surface area contributed by atoms with Crippen LogP contribution in [0.1, 0.15) is 23.2 Å². The molecule has 1 spiro atoms. The van der Waals surface area contributed by atoms with E-state index in [-0.39, 0.29) is 22.9 Å². The van der Waals surface area contributed by atoms with Gasteiger partial charge in [0.1, 0.15) is 5.75 Å². The fourth-order valence-corrected chi connectivity index (χ4v) is 6.48. The number of urea groups is 1. The third-order valence-corrected chi connectivity index (χ3v) is 8.41. The van der Waals surface area contributed by atoms with Gasteiger partial charge in [-0.15, -0.1) is 0 Å². The molecule has 1 aliphatic carbocycles. The first-order valence-electron chi connectivity index (χ1n) is 12.0. The molecule has 198 valence electrons. The van der Waals surface area contributed by atoms with Gasteiger partial charge in [0.25, 0.3) is 0 Å². The van der Waals surface area contributed by atoms with Crippen molar-refractivity contribution in [3.8, 4) is 5.75 Å². The summed E-state index contributed by atoms with van der Waals surface area (Å²) in [5, 5.41) is 14.3. The summed E-state index contributed by atoms with van der Waals surface area (Å²) in [6.45, 7) is 2.12. The number of rotatable bonds is 5. The van der Waals surface area contributed by atoms with Crippen LogP contribution >= 0.6 is 23.4 Å². The van der Waals surface area contributed by atoms with Crippen LogP contribution in [0.3, 0.4) is 0 Å². The van der Waals surface area contributed by atoms with E-state index in [1.807, 2.05) is 22.0 Å². The molecule has 12 heteroatoms. The summed E-state index contributed by atoms with van der Waals surface area (Å²) in [5.41, 5.74) is 0.888. The number of aliphatic hydroxyl groups is 1. The van der Waals surface area contributed by atoms with Crippen molar-refractivity contribution >= 4 is 40.5 Å². The molecule has 0 saturated carbocycles. The molecule has 2 amide bonds. The van der Waals surface area contributed by atoms with Crippen LogP contribution in [0.4, 0.5) is 4.79 Å². The quantitative estimate of drug-likeness (QED) is 0.427. The van der Waals surface area contributed by atoms with E-state index < -0.39 is 12.4 Å². The van der Waals surface area contributed by atoms with Gasteiger partial charge in [0.05, 0.1) is 25.3 Å². The molecule has 2 saturated heterocycles. The number of amidine groups is 1. The van der Waals surface area contributed by atoms with Gasteiger partial charge in [0.2, 0.25) is 6.41 Å². The minimum atomic E-state index is -0.981. The number of carbonyl (C=O) groups excluding carboxylic acids is 2. The lowest BCUT2D eigenvalue weighted by Gasteiger charge is -2.28. The van der Waals surface area contributed by atoms with Crippen molar-refractivity contribution in [2.75, 3.05) is 40.4 Å². The Morgan fingerprint density at radius 3 is 2.95 bits per heavy atom. The second kappa shape index (κ2) is 10.7. The number of ether oxygens (including phenoxy) is 3. The van der Waals surface area contributed by atoms with Crippen LogP contribution in [0.2, 0.25) is 0 Å². The maximum Gasteiger partial charge on any atom is 0.337 e. The monoisotopic (exact) mass is 548 g/mol. The number of methoxy groups -OCH3 is 2. The third kappa shape index (κ3) is 5.23. The lowest BCUT2D eigenvalue weighted by atomic mass is 9.77. The molecule has 2 N–H and O–H groups in total. The van der Waals surface area contributed by atoms with Crippen molar-refractivity contribution < 1.29 is 28.9 Å². The van der Waals surface area contributed by atoms with E-state index in [4.69, 9.17) is 25.8 Å². The number of likely N-dealkylation sites (tertiary alicyclic amines) is 2. The molecule has 4 unspecified atom stereocenters. The van der Waals surface area contributed by atoms with E-state index in [1.54, 1.807) is 24.3 Å². The molecule has 0 bridgehead atoms. The molecule has 4 aliphatic rings. The maximum atomic E-state index is 13.4. The lowest BCUT2D eigenvalue weighted by Crippen LogP contribution is -2.45. The molecule has 10 nitrogen and oxygen atoms in total. The number of hydrogen-bond donors (Lipinski definition) is 2. The summed E-state index contributed by atoms with van der Waals surface area (Å²) >= 11 is 7.69. The van der Waals surface area contributed by atoms with E-state index in [9.17, 15) is 14.7 Å². The van der Waals surface area contributed by atoms with Crippen LogP contribution in [0.25, 0.3) is 0 Å². The highest BCUT2D eigenvalue weighted by Crippen LogP contribution is 2.50. The Labute approximate surface area is 224 Å². The number of amides is 2. The predicted molar refractivity (Wildman–Crippen MR) is 139 cm³/mol. The molecule has 2 fully saturated rings. The van der Waals surface area contributed by atoms with Crippen molar-refractivity contribution in [2.24, 2.45) is 10.4 Å². The van der Waals surface area contributed by atoms with E-state index in [2.05, 4.69) is 10.3 Å². The highest BCUT2D eigenvalue weighted by Gasteiger charge is 2.54. The molecule has 1 aromatic rings. The molecule has 0 radical (unpaired) electrons. The van der Waals surface area contributed by atoms with Gasteiger partial charge in [-0.3, -0.25) is 15.2 Å². The Morgan fingerprint density at radius 2 is 2.16 bits per heavy atom. The summed E-state index contributed by atoms with van der Waals surface area (Å²) in [6, 6.07) is 6.41. The standard InChI is InChI=1S/C25H29ClN4O6S/c1-34-21(31)15-4-3-5-17(10-15)36-20-12-27-22(37-20)28-23(32)30-14-25(8-9-29(13-25)24(33)35-2)18-11-16(26)6-7-19(18)30/h3-6,10-11,19-20,24,33H,7-9,12-14H2,1-2H3,(H,27,28,32). The van der Waals surface area contributed by atoms with Crippen LogP contribution in [0.15, 0.2) is 52.0 Å². The Bertz CT molecular complexity index is 1180. The number of nitrogens with zero attached hydrogens (tertiary/aromatic N) is 3. The number of benzene rings is 1. The van der Waals surface area contributed by atoms with Gasteiger partial charge in [-0.25, -0.2) is 9.59 Å². The molecule has 4 atom stereocenters. The highest BCUT2D eigenvalue weighted by atomic mass is 35.5. The van der Waals surface area contributed by atoms with E-state index >= 15 is 0 Å². The summed E-state index contributed by atoms with van der Waals surface area (Å²) in [6.07, 6.45) is 4.35. The fraction of sp³-hybridized carbons (Fsp3) is 0.480. The van der Waals surface area contributed by atoms with Gasteiger partial charge in [0, 0.05) is 37.2 Å². The molecule has 3 heterocycles. The van der Waals surface area contributed by atoms with Crippen LogP contribution < -0.4 is 10.1 Å². The SMILES string of the molecule is COC(=O)c1cccc(OC2CN=C(NC(=O)N3CC4(CCN(C(O)OC)C4)C4=CC(Cl)=CCC43)S2)c1. The molecular formula is C25H29ClN4O6S. The zero-order chi connectivity index (χ0) is 26.2. The fourth-order valence-electron chi connectivity index (χ4n) is 5.42. The number of nitrogens with one attached hydrogen (secondary N) is 1. The number of thioether (sulfide) groups is 1. The lowest BCUT2D eigenvalue weighted by molar-refractivity contribution is -0.170. The zero-order valence-corrected chi connectivity index (χ0v) is 22.1. The van der Waals surface area contributed by atoms with Crippen molar-refractivity contribution in [3.63, 3.8) is 0 Å². The van der Waals surface area contributed by atoms with Crippen molar-refractivity contribution in [1.82, 2.24) is 15.1 Å². The van der Waals surface area contributed by atoms with Crippen LogP contribution in [0, 0.1) is 5.41 Å². The van der Waals surface area contributed by atoms with Crippen molar-refractivity contribution in [2.45, 2.75) is 30.7 Å². The molecular weight excluding hydrogens is 520 g/mol. The van der Waals surface area contributed by atoms with Gasteiger partial charge < -0.3 is 24.2 Å². The number of carbonyl (C=O) groups is 2. The number of hydrogen-bond acceptors (Lipinski definition) is 9. The molecule has 3 aliphatic heterocycles. The Kier molecular flexibility index (Phi) is 7.51. The average Bonchev–Trinajstić information content (AvgIpc) is 3.61. The third-order valence-electron chi connectivity index (χ3n) is 7.18. The topological polar surface area (TPSA) is 113 Å². The Hall–Kier alpha value is -2.57. The first-order valence-corrected chi connectivity index (χ1v) is 13.2. The molecule has 37 heavy (non-hydrogen) atoms. The number of fused-ring (bicyclic) bond motifs is 2. The van der Waals surface area contributed by atoms with Crippen LogP contribution in [-0.4, -0.2) is 90.4 Å². The van der Waals surface area contributed by atoms with Gasteiger partial charge in [0.15, 0.2) is 10.6 Å². The van der Waals surface area contributed by atoms with Gasteiger partial charge >= 0.3 is 12.0 Å². The van der Waals surface area contributed by atoms with Gasteiger partial charge in [-0.05, 0) is 54.5 Å². The van der Waals surface area contributed by atoms with Crippen molar-refractivity contribution in [1.29, 1.82) is 0 Å². The Balaban J connectivity index is 1.23. The van der Waals surface area contributed by atoms with E-state index in [0.717, 1.165) is 12.0 Å². The van der Waals surface area contributed by atoms with Crippen LogP contribution in [-0.2, 0) is 9.47 Å². The predicted octanol–water partition coefficient (Wildman–Crippen LogP) is 2.74. The second-order valence-electron chi connectivity index (χ2n) is 9.39. The molecule has 5 rings (SSSR count). The summed E-state index contributed by atoms with van der Waals surface area (Å²) in [4.78, 5) is 33.4. The van der Waals surface area contributed by atoms with E-state index in [0.29, 0.717) is 54.1 Å². The number of esters is 1. The number of aliphatic imine (C=N–C) groups is 1. The normalized spacial score (nSPS) is 27.9. The summed E-state index contributed by atoms with van der Waals surface area (Å²) in [7, 11) is 2.80. The average molecular weight is 549 g/mol. The largest absolute Gasteiger partial charge is 0.477 e. The molecule has 1 aromatic carbocycles. The van der Waals surface area contributed by atoms with Gasteiger partial charge in [-0.2, -0.15) is 0 Å².